The zero-order valence-corrected chi connectivity index (χ0v) is 19.7. The number of rotatable bonds is 9. The average Bonchev–Trinajstić information content (AvgIpc) is 2.98. The molecule has 1 aromatic carbocycles. The summed E-state index contributed by atoms with van der Waals surface area (Å²) in [5.74, 6) is -0.860. The first-order chi connectivity index (χ1) is 14.6. The summed E-state index contributed by atoms with van der Waals surface area (Å²) in [7, 11) is 3.38. The van der Waals surface area contributed by atoms with Crippen LogP contribution in [0.15, 0.2) is 24.3 Å². The fourth-order valence-corrected chi connectivity index (χ4v) is 3.79. The Bertz CT molecular complexity index is 957. The van der Waals surface area contributed by atoms with Crippen LogP contribution in [0.5, 0.6) is 0 Å². The molecule has 2 rings (SSSR count). The highest BCUT2D eigenvalue weighted by Crippen LogP contribution is 2.25. The smallest absolute Gasteiger partial charge is 0.355 e. The number of unbranched alkanes of at least 4 members (excludes halogenated alkanes) is 1. The van der Waals surface area contributed by atoms with E-state index in [1.165, 1.54) is 10.5 Å². The molecule has 0 spiro atoms. The third-order valence-corrected chi connectivity index (χ3v) is 5.95. The molecule has 1 atom stereocenters. The number of esters is 1. The standard InChI is InChI=1S/C25H34N2O4/c1-8-10-11-19-12-14-20(15-13-19)24(29)27(7)18(5)23(28)21-16(3)22(25(30)31-9-2)26(6)17(21)4/h12-15,18H,8-11H2,1-7H3/t18-/m0/s1. The van der Waals surface area contributed by atoms with Gasteiger partial charge in [-0.3, -0.25) is 9.59 Å². The Morgan fingerprint density at radius 1 is 1.10 bits per heavy atom. The number of carbonyl (C=O) groups is 3. The van der Waals surface area contributed by atoms with Gasteiger partial charge in [0, 0.05) is 30.9 Å². The SMILES string of the molecule is CCCCc1ccc(C(=O)N(C)[C@@H](C)C(=O)c2c(C)c(C(=O)OCC)n(C)c2C)cc1. The fraction of sp³-hybridized carbons (Fsp3) is 0.480. The van der Waals surface area contributed by atoms with E-state index >= 15 is 0 Å². The van der Waals surface area contributed by atoms with Gasteiger partial charge in [0.25, 0.3) is 5.91 Å². The van der Waals surface area contributed by atoms with Gasteiger partial charge in [-0.15, -0.1) is 0 Å². The van der Waals surface area contributed by atoms with Crippen LogP contribution < -0.4 is 0 Å². The molecule has 1 heterocycles. The number of aromatic nitrogens is 1. The summed E-state index contributed by atoms with van der Waals surface area (Å²) < 4.78 is 6.82. The lowest BCUT2D eigenvalue weighted by Gasteiger charge is -2.24. The summed E-state index contributed by atoms with van der Waals surface area (Å²) in [4.78, 5) is 40.1. The lowest BCUT2D eigenvalue weighted by atomic mass is 9.99. The zero-order chi connectivity index (χ0) is 23.3. The normalized spacial score (nSPS) is 11.8. The van der Waals surface area contributed by atoms with Gasteiger partial charge < -0.3 is 14.2 Å². The maximum absolute atomic E-state index is 13.3. The van der Waals surface area contributed by atoms with Crippen molar-refractivity contribution in [1.82, 2.24) is 9.47 Å². The minimum absolute atomic E-state index is 0.198. The highest BCUT2D eigenvalue weighted by atomic mass is 16.5. The Balaban J connectivity index is 2.25. The summed E-state index contributed by atoms with van der Waals surface area (Å²) in [6, 6.07) is 6.90. The summed E-state index contributed by atoms with van der Waals surface area (Å²) in [6.07, 6.45) is 3.23. The molecule has 31 heavy (non-hydrogen) atoms. The highest BCUT2D eigenvalue weighted by Gasteiger charge is 2.31. The largest absolute Gasteiger partial charge is 0.461 e. The first-order valence-corrected chi connectivity index (χ1v) is 10.9. The van der Waals surface area contributed by atoms with Crippen molar-refractivity contribution in [2.24, 2.45) is 7.05 Å². The fourth-order valence-electron chi connectivity index (χ4n) is 3.79. The lowest BCUT2D eigenvalue weighted by molar-refractivity contribution is 0.0514. The number of ketones is 1. The molecule has 0 saturated carbocycles. The second-order valence-electron chi connectivity index (χ2n) is 7.97. The van der Waals surface area contributed by atoms with Gasteiger partial charge >= 0.3 is 5.97 Å². The van der Waals surface area contributed by atoms with Crippen LogP contribution in [0.25, 0.3) is 0 Å². The van der Waals surface area contributed by atoms with E-state index < -0.39 is 12.0 Å². The van der Waals surface area contributed by atoms with E-state index in [9.17, 15) is 14.4 Å². The van der Waals surface area contributed by atoms with Crippen molar-refractivity contribution in [2.45, 2.75) is 59.9 Å². The number of hydrogen-bond donors (Lipinski definition) is 0. The zero-order valence-electron chi connectivity index (χ0n) is 19.7. The number of likely N-dealkylation sites (N-methyl/N-ethyl adjacent to an activating group) is 1. The number of nitrogens with zero attached hydrogens (tertiary/aromatic N) is 2. The predicted octanol–water partition coefficient (Wildman–Crippen LogP) is 4.50. The molecule has 2 aromatic rings. The van der Waals surface area contributed by atoms with E-state index in [2.05, 4.69) is 6.92 Å². The highest BCUT2D eigenvalue weighted by molar-refractivity contribution is 6.07. The van der Waals surface area contributed by atoms with E-state index in [4.69, 9.17) is 4.74 Å². The monoisotopic (exact) mass is 426 g/mol. The maximum atomic E-state index is 13.3. The van der Waals surface area contributed by atoms with Gasteiger partial charge in [0.2, 0.25) is 0 Å². The molecule has 1 amide bonds. The van der Waals surface area contributed by atoms with Crippen molar-refractivity contribution in [3.8, 4) is 0 Å². The number of benzene rings is 1. The van der Waals surface area contributed by atoms with Gasteiger partial charge in [0.1, 0.15) is 5.69 Å². The molecule has 0 aliphatic rings. The molecule has 0 aliphatic carbocycles. The molecule has 168 valence electrons. The van der Waals surface area contributed by atoms with Gasteiger partial charge in [-0.25, -0.2) is 4.79 Å². The van der Waals surface area contributed by atoms with Crippen molar-refractivity contribution in [3.63, 3.8) is 0 Å². The van der Waals surface area contributed by atoms with Gasteiger partial charge in [-0.05, 0) is 63.8 Å². The minimum atomic E-state index is -0.679. The Morgan fingerprint density at radius 3 is 2.26 bits per heavy atom. The number of Topliss-reactive ketones (excluding diaryl/α,β-unsaturated/α-hetero) is 1. The quantitative estimate of drug-likeness (QED) is 0.437. The summed E-state index contributed by atoms with van der Waals surface area (Å²) >= 11 is 0. The van der Waals surface area contributed by atoms with Crippen LogP contribution >= 0.6 is 0 Å². The number of hydrogen-bond acceptors (Lipinski definition) is 4. The molecule has 0 aliphatic heterocycles. The predicted molar refractivity (Wildman–Crippen MR) is 122 cm³/mol. The molecule has 6 heteroatoms. The summed E-state index contributed by atoms with van der Waals surface area (Å²) in [6.45, 7) is 9.41. The molecule has 6 nitrogen and oxygen atoms in total. The molecular weight excluding hydrogens is 392 g/mol. The van der Waals surface area contributed by atoms with Crippen LogP contribution in [0.3, 0.4) is 0 Å². The topological polar surface area (TPSA) is 68.6 Å². The number of aryl methyl sites for hydroxylation is 1. The van der Waals surface area contributed by atoms with Gasteiger partial charge in [-0.1, -0.05) is 25.5 Å². The Kier molecular flexibility index (Phi) is 8.20. The lowest BCUT2D eigenvalue weighted by Crippen LogP contribution is -2.40. The third-order valence-electron chi connectivity index (χ3n) is 5.95. The van der Waals surface area contributed by atoms with Crippen LogP contribution in [0.1, 0.15) is 81.6 Å². The third kappa shape index (κ3) is 5.06. The van der Waals surface area contributed by atoms with Gasteiger partial charge in [0.05, 0.1) is 12.6 Å². The van der Waals surface area contributed by atoms with Crippen molar-refractivity contribution >= 4 is 17.7 Å². The van der Waals surface area contributed by atoms with E-state index in [1.807, 2.05) is 24.3 Å². The van der Waals surface area contributed by atoms with E-state index in [0.717, 1.165) is 19.3 Å². The second-order valence-corrected chi connectivity index (χ2v) is 7.97. The van der Waals surface area contributed by atoms with Crippen LogP contribution in [0, 0.1) is 13.8 Å². The maximum Gasteiger partial charge on any atom is 0.355 e. The van der Waals surface area contributed by atoms with Crippen molar-refractivity contribution in [1.29, 1.82) is 0 Å². The molecule has 0 saturated heterocycles. The Hall–Kier alpha value is -2.89. The Labute approximate surface area is 185 Å². The number of ether oxygens (including phenoxy) is 1. The van der Waals surface area contributed by atoms with Crippen LogP contribution in [-0.4, -0.2) is 46.8 Å². The minimum Gasteiger partial charge on any atom is -0.461 e. The van der Waals surface area contributed by atoms with E-state index in [-0.39, 0.29) is 18.3 Å². The van der Waals surface area contributed by atoms with Crippen LogP contribution in [-0.2, 0) is 18.2 Å². The molecule has 0 bridgehead atoms. The Morgan fingerprint density at radius 2 is 1.71 bits per heavy atom. The molecule has 0 fully saturated rings. The first kappa shape index (κ1) is 24.4. The first-order valence-electron chi connectivity index (χ1n) is 10.9. The van der Waals surface area contributed by atoms with Crippen LogP contribution in [0.2, 0.25) is 0 Å². The van der Waals surface area contributed by atoms with Crippen molar-refractivity contribution in [2.75, 3.05) is 13.7 Å². The number of carbonyl (C=O) groups excluding carboxylic acids is 3. The van der Waals surface area contributed by atoms with E-state index in [0.29, 0.717) is 28.1 Å². The van der Waals surface area contributed by atoms with Gasteiger partial charge in [0.15, 0.2) is 5.78 Å². The summed E-state index contributed by atoms with van der Waals surface area (Å²) in [5, 5.41) is 0. The molecular formula is C25H34N2O4. The molecule has 0 N–H and O–H groups in total. The average molecular weight is 427 g/mol. The summed E-state index contributed by atoms with van der Waals surface area (Å²) in [5.41, 5.74) is 3.84. The molecule has 1 aromatic heterocycles. The van der Waals surface area contributed by atoms with E-state index in [1.54, 1.807) is 46.4 Å². The molecule has 0 unspecified atom stereocenters. The van der Waals surface area contributed by atoms with Crippen molar-refractivity contribution in [3.05, 3.63) is 57.9 Å². The second kappa shape index (κ2) is 10.4. The van der Waals surface area contributed by atoms with Crippen LogP contribution in [0.4, 0.5) is 0 Å². The van der Waals surface area contributed by atoms with Crippen molar-refractivity contribution < 1.29 is 19.1 Å². The number of amides is 1. The van der Waals surface area contributed by atoms with Gasteiger partial charge in [-0.2, -0.15) is 0 Å². The molecule has 0 radical (unpaired) electrons.